The largest absolute Gasteiger partial charge is 0.436 e. The second kappa shape index (κ2) is 8.65. The third kappa shape index (κ3) is 4.94. The van der Waals surface area contributed by atoms with E-state index >= 15 is 0 Å². The molecular formula is C18H19N7O2. The van der Waals surface area contributed by atoms with Gasteiger partial charge in [-0.05, 0) is 28.2 Å². The van der Waals surface area contributed by atoms with Crippen LogP contribution in [0.5, 0.6) is 0 Å². The van der Waals surface area contributed by atoms with Crippen LogP contribution in [-0.2, 0) is 19.6 Å². The van der Waals surface area contributed by atoms with Crippen molar-refractivity contribution in [1.82, 2.24) is 25.2 Å². The molecule has 0 N–H and O–H groups in total. The van der Waals surface area contributed by atoms with Gasteiger partial charge in [-0.2, -0.15) is 9.81 Å². The van der Waals surface area contributed by atoms with Crippen LogP contribution in [0.15, 0.2) is 65.8 Å². The van der Waals surface area contributed by atoms with E-state index in [1.807, 2.05) is 67.6 Å². The molecule has 1 aromatic heterocycles. The van der Waals surface area contributed by atoms with Crippen molar-refractivity contribution < 1.29 is 4.92 Å². The van der Waals surface area contributed by atoms with E-state index in [0.29, 0.717) is 19.6 Å². The van der Waals surface area contributed by atoms with E-state index in [2.05, 4.69) is 20.5 Å². The van der Waals surface area contributed by atoms with Gasteiger partial charge in [0.1, 0.15) is 0 Å². The fourth-order valence-corrected chi connectivity index (χ4v) is 2.48. The fraction of sp³-hybridized carbons (Fsp3) is 0.222. The number of hydrogen-bond acceptors (Lipinski definition) is 7. The second-order valence-corrected chi connectivity index (χ2v) is 5.78. The van der Waals surface area contributed by atoms with Gasteiger partial charge in [0.2, 0.25) is 0 Å². The summed E-state index contributed by atoms with van der Waals surface area (Å²) >= 11 is 0. The number of rotatable bonds is 7. The number of hydrazone groups is 1. The Labute approximate surface area is 156 Å². The molecule has 27 heavy (non-hydrogen) atoms. The summed E-state index contributed by atoms with van der Waals surface area (Å²) in [5, 5.41) is 29.0. The molecule has 9 heteroatoms. The summed E-state index contributed by atoms with van der Waals surface area (Å²) in [6.07, 6.45) is 0. The van der Waals surface area contributed by atoms with Crippen molar-refractivity contribution in [3.63, 3.8) is 0 Å². The number of nitrogens with zero attached hydrogens (tertiary/aromatic N) is 7. The molecule has 0 unspecified atom stereocenters. The molecule has 0 radical (unpaired) electrons. The van der Waals surface area contributed by atoms with Gasteiger partial charge in [0.25, 0.3) is 5.82 Å². The van der Waals surface area contributed by atoms with E-state index in [9.17, 15) is 10.1 Å². The molecule has 3 aromatic rings. The quantitative estimate of drug-likeness (QED) is 0.276. The summed E-state index contributed by atoms with van der Waals surface area (Å²) in [5.74, 6) is -0.533. The first-order valence-corrected chi connectivity index (χ1v) is 8.49. The molecule has 2 aromatic carbocycles. The Balaban J connectivity index is 1.93. The van der Waals surface area contributed by atoms with Crippen molar-refractivity contribution in [2.75, 3.05) is 0 Å². The van der Waals surface area contributed by atoms with Crippen molar-refractivity contribution in [2.24, 2.45) is 5.10 Å². The summed E-state index contributed by atoms with van der Waals surface area (Å²) in [4.78, 5) is 12.3. The number of aryl methyl sites for hydroxylation is 1. The number of benzene rings is 2. The number of aromatic nitrogens is 4. The Morgan fingerprint density at radius 3 is 2.07 bits per heavy atom. The third-order valence-electron chi connectivity index (χ3n) is 3.76. The lowest BCUT2D eigenvalue weighted by Gasteiger charge is -2.14. The minimum atomic E-state index is -0.583. The van der Waals surface area contributed by atoms with Gasteiger partial charge in [-0.1, -0.05) is 65.8 Å². The molecule has 0 amide bonds. The molecule has 3 rings (SSSR count). The molecule has 138 valence electrons. The van der Waals surface area contributed by atoms with Crippen LogP contribution in [-0.4, -0.2) is 36.0 Å². The first-order chi connectivity index (χ1) is 13.2. The van der Waals surface area contributed by atoms with Gasteiger partial charge in [-0.15, -0.1) is 5.10 Å². The first-order valence-electron chi connectivity index (χ1n) is 8.49. The lowest BCUT2D eigenvalue weighted by Crippen LogP contribution is -2.24. The summed E-state index contributed by atoms with van der Waals surface area (Å²) < 4.78 is 0. The fourth-order valence-electron chi connectivity index (χ4n) is 2.48. The van der Waals surface area contributed by atoms with Crippen LogP contribution in [0.4, 0.5) is 0 Å². The third-order valence-corrected chi connectivity index (χ3v) is 3.76. The highest BCUT2D eigenvalue weighted by Gasteiger charge is 2.25. The van der Waals surface area contributed by atoms with Gasteiger partial charge >= 0.3 is 5.84 Å². The maximum atomic E-state index is 11.6. The Morgan fingerprint density at radius 2 is 1.63 bits per heavy atom. The molecule has 0 spiro atoms. The predicted octanol–water partition coefficient (Wildman–Crippen LogP) is 2.33. The van der Waals surface area contributed by atoms with Crippen molar-refractivity contribution in [3.8, 4) is 0 Å². The molecule has 9 nitrogen and oxygen atoms in total. The van der Waals surface area contributed by atoms with Gasteiger partial charge in [-0.25, -0.2) is 0 Å². The SMILES string of the molecule is CCn1nnc(C(=NN(Cc2ccccc2)Cc2ccccc2)[N+](=O)[O-])n1. The van der Waals surface area contributed by atoms with E-state index in [1.165, 1.54) is 4.80 Å². The molecular weight excluding hydrogens is 346 g/mol. The molecule has 0 atom stereocenters. The van der Waals surface area contributed by atoms with Crippen molar-refractivity contribution in [3.05, 3.63) is 87.7 Å². The molecule has 0 saturated carbocycles. The lowest BCUT2D eigenvalue weighted by molar-refractivity contribution is -0.351. The maximum absolute atomic E-state index is 11.6. The number of tetrazole rings is 1. The van der Waals surface area contributed by atoms with E-state index in [0.717, 1.165) is 11.1 Å². The van der Waals surface area contributed by atoms with E-state index < -0.39 is 10.8 Å². The van der Waals surface area contributed by atoms with Crippen molar-refractivity contribution in [1.29, 1.82) is 0 Å². The zero-order chi connectivity index (χ0) is 19.1. The summed E-state index contributed by atoms with van der Waals surface area (Å²) in [5.41, 5.74) is 1.98. The molecule has 0 aliphatic heterocycles. The van der Waals surface area contributed by atoms with Crippen LogP contribution in [0.3, 0.4) is 0 Å². The van der Waals surface area contributed by atoms with Gasteiger partial charge in [-0.3, -0.25) is 0 Å². The normalized spacial score (nSPS) is 11.4. The van der Waals surface area contributed by atoms with Crippen LogP contribution in [0.25, 0.3) is 0 Å². The minimum absolute atomic E-state index is 0.104. The molecule has 0 bridgehead atoms. The van der Waals surface area contributed by atoms with E-state index in [-0.39, 0.29) is 5.82 Å². The van der Waals surface area contributed by atoms with Crippen molar-refractivity contribution in [2.45, 2.75) is 26.6 Å². The molecule has 0 aliphatic carbocycles. The Bertz CT molecular complexity index is 868. The molecule has 0 saturated heterocycles. The average molecular weight is 365 g/mol. The average Bonchev–Trinajstić information content (AvgIpc) is 3.16. The maximum Gasteiger partial charge on any atom is 0.436 e. The Morgan fingerprint density at radius 1 is 1.07 bits per heavy atom. The smallest absolute Gasteiger partial charge is 0.358 e. The topological polar surface area (TPSA) is 102 Å². The molecule has 0 aliphatic rings. The predicted molar refractivity (Wildman–Crippen MR) is 99.2 cm³/mol. The van der Waals surface area contributed by atoms with Crippen LogP contribution in [0.2, 0.25) is 0 Å². The van der Waals surface area contributed by atoms with E-state index in [1.54, 1.807) is 5.01 Å². The summed E-state index contributed by atoms with van der Waals surface area (Å²) in [6, 6.07) is 19.3. The van der Waals surface area contributed by atoms with Crippen LogP contribution < -0.4 is 0 Å². The zero-order valence-corrected chi connectivity index (χ0v) is 14.8. The number of amidine groups is 1. The van der Waals surface area contributed by atoms with Crippen LogP contribution in [0.1, 0.15) is 23.9 Å². The molecule has 0 fully saturated rings. The monoisotopic (exact) mass is 365 g/mol. The molecule has 1 heterocycles. The standard InChI is InChI=1S/C18H19N7O2/c1-2-24-20-17(19-22-24)18(25(26)27)21-23(13-15-9-5-3-6-10-15)14-16-11-7-4-8-12-16/h3-12H,2,13-14H2,1H3. The Hall–Kier alpha value is -3.62. The van der Waals surface area contributed by atoms with Crippen molar-refractivity contribution >= 4 is 5.84 Å². The number of hydrogen-bond donors (Lipinski definition) is 0. The highest BCUT2D eigenvalue weighted by molar-refractivity contribution is 5.87. The second-order valence-electron chi connectivity index (χ2n) is 5.78. The Kier molecular flexibility index (Phi) is 5.83. The zero-order valence-electron chi connectivity index (χ0n) is 14.8. The van der Waals surface area contributed by atoms with Crippen LogP contribution in [0, 0.1) is 10.1 Å². The van der Waals surface area contributed by atoms with Gasteiger partial charge in [0.05, 0.1) is 24.7 Å². The number of nitro groups is 1. The van der Waals surface area contributed by atoms with Gasteiger partial charge in [0, 0.05) is 0 Å². The minimum Gasteiger partial charge on any atom is -0.358 e. The van der Waals surface area contributed by atoms with Gasteiger partial charge in [0.15, 0.2) is 0 Å². The highest BCUT2D eigenvalue weighted by Crippen LogP contribution is 2.11. The van der Waals surface area contributed by atoms with Gasteiger partial charge < -0.3 is 10.1 Å². The van der Waals surface area contributed by atoms with E-state index in [4.69, 9.17) is 0 Å². The first kappa shape index (κ1) is 18.2. The highest BCUT2D eigenvalue weighted by atomic mass is 16.6. The summed E-state index contributed by atoms with van der Waals surface area (Å²) in [7, 11) is 0. The van der Waals surface area contributed by atoms with Crippen LogP contribution >= 0.6 is 0 Å². The summed E-state index contributed by atoms with van der Waals surface area (Å²) in [6.45, 7) is 3.12. The lowest BCUT2D eigenvalue weighted by atomic mass is 10.2.